The van der Waals surface area contributed by atoms with Crippen LogP contribution in [-0.4, -0.2) is 34.7 Å². The van der Waals surface area contributed by atoms with Crippen LogP contribution >= 0.6 is 0 Å². The van der Waals surface area contributed by atoms with E-state index in [2.05, 4.69) is 17.3 Å². The van der Waals surface area contributed by atoms with Crippen molar-refractivity contribution in [2.24, 2.45) is 0 Å². The van der Waals surface area contributed by atoms with E-state index >= 15 is 0 Å². The number of nitrogens with zero attached hydrogens (tertiary/aromatic N) is 1. The number of carbonyl (C=O) groups is 1. The van der Waals surface area contributed by atoms with Crippen LogP contribution in [0.5, 0.6) is 0 Å². The van der Waals surface area contributed by atoms with Crippen molar-refractivity contribution in [3.05, 3.63) is 7.05 Å². The van der Waals surface area contributed by atoms with Gasteiger partial charge in [0.05, 0.1) is 0 Å². The summed E-state index contributed by atoms with van der Waals surface area (Å²) in [5, 5.41) is 2.98. The Balaban J connectivity index is 0.00000162. The summed E-state index contributed by atoms with van der Waals surface area (Å²) in [6.07, 6.45) is 4.12. The first kappa shape index (κ1) is 16.0. The van der Waals surface area contributed by atoms with Gasteiger partial charge in [-0.1, -0.05) is 0 Å². The second-order valence-corrected chi connectivity index (χ2v) is 6.21. The molecule has 2 aliphatic heterocycles. The number of hydrogen-bond donors (Lipinski definition) is 1. The minimum absolute atomic E-state index is 0. The SMILES string of the molecule is [CH2-]N1[C@@H]2CC[C@H]1CC(NC(=O)OC(C)(C)C)C2.[W]. The molecule has 3 atom stereocenters. The van der Waals surface area contributed by atoms with Crippen LogP contribution < -0.4 is 5.32 Å². The molecule has 2 aliphatic rings. The largest absolute Gasteiger partial charge is 0.454 e. The summed E-state index contributed by atoms with van der Waals surface area (Å²) >= 11 is 0. The molecule has 104 valence electrons. The monoisotopic (exact) mass is 423 g/mol. The third kappa shape index (κ3) is 3.96. The molecule has 2 fully saturated rings. The molecule has 1 unspecified atom stereocenters. The van der Waals surface area contributed by atoms with Gasteiger partial charge < -0.3 is 15.0 Å². The Kier molecular flexibility index (Phi) is 5.25. The van der Waals surface area contributed by atoms with Gasteiger partial charge in [0.15, 0.2) is 0 Å². The normalized spacial score (nSPS) is 31.7. The van der Waals surface area contributed by atoms with E-state index in [9.17, 15) is 4.79 Å². The Morgan fingerprint density at radius 1 is 1.28 bits per heavy atom. The molecule has 2 bridgehead atoms. The van der Waals surface area contributed by atoms with Gasteiger partial charge >= 0.3 is 6.09 Å². The molecule has 18 heavy (non-hydrogen) atoms. The van der Waals surface area contributed by atoms with Gasteiger partial charge in [0.2, 0.25) is 0 Å². The molecule has 0 aromatic rings. The van der Waals surface area contributed by atoms with Crippen LogP contribution in [0.1, 0.15) is 46.5 Å². The van der Waals surface area contributed by atoms with Crippen LogP contribution in [0.4, 0.5) is 4.79 Å². The number of rotatable bonds is 1. The fourth-order valence-electron chi connectivity index (χ4n) is 2.87. The molecule has 4 nitrogen and oxygen atoms in total. The molecular weight excluding hydrogens is 400 g/mol. The number of fused-ring (bicyclic) bond motifs is 2. The zero-order valence-corrected chi connectivity index (χ0v) is 14.4. The summed E-state index contributed by atoms with van der Waals surface area (Å²) < 4.78 is 5.28. The first-order chi connectivity index (χ1) is 7.85. The molecule has 2 rings (SSSR count). The average molecular weight is 423 g/mol. The van der Waals surface area contributed by atoms with Crippen molar-refractivity contribution in [1.29, 1.82) is 0 Å². The summed E-state index contributed by atoms with van der Waals surface area (Å²) in [5.74, 6) is 0. The third-order valence-electron chi connectivity index (χ3n) is 3.61. The van der Waals surface area contributed by atoms with Gasteiger partial charge in [-0.15, -0.1) is 0 Å². The second kappa shape index (κ2) is 5.92. The molecule has 0 aliphatic carbocycles. The van der Waals surface area contributed by atoms with E-state index in [0.29, 0.717) is 12.1 Å². The Bertz CT molecular complexity index is 290. The molecule has 1 amide bonds. The molecule has 0 aromatic heterocycles. The number of amides is 1. The first-order valence-electron chi connectivity index (χ1n) is 6.43. The van der Waals surface area contributed by atoms with Crippen LogP contribution in [0, 0.1) is 7.05 Å². The predicted octanol–water partition coefficient (Wildman–Crippen LogP) is 2.30. The minimum atomic E-state index is -0.421. The fraction of sp³-hybridized carbons (Fsp3) is 0.846. The van der Waals surface area contributed by atoms with Crippen molar-refractivity contribution in [3.8, 4) is 0 Å². The van der Waals surface area contributed by atoms with Crippen LogP contribution in [0.25, 0.3) is 0 Å². The van der Waals surface area contributed by atoms with Gasteiger partial charge in [0, 0.05) is 27.1 Å². The summed E-state index contributed by atoms with van der Waals surface area (Å²) in [6, 6.07) is 1.32. The number of nitrogens with one attached hydrogen (secondary N) is 1. The number of ether oxygens (including phenoxy) is 1. The van der Waals surface area contributed by atoms with Crippen LogP contribution in [0.15, 0.2) is 0 Å². The molecule has 0 spiro atoms. The molecule has 0 radical (unpaired) electrons. The van der Waals surface area contributed by atoms with Gasteiger partial charge in [-0.2, -0.15) is 0 Å². The van der Waals surface area contributed by atoms with E-state index in [0.717, 1.165) is 12.8 Å². The molecule has 0 aromatic carbocycles. The quantitative estimate of drug-likeness (QED) is 0.659. The maximum Gasteiger partial charge on any atom is 0.407 e. The fourth-order valence-corrected chi connectivity index (χ4v) is 2.87. The van der Waals surface area contributed by atoms with Gasteiger partial charge in [0.25, 0.3) is 0 Å². The Hall–Kier alpha value is -0.0817. The van der Waals surface area contributed by atoms with Crippen molar-refractivity contribution in [3.63, 3.8) is 0 Å². The molecule has 0 saturated carbocycles. The van der Waals surface area contributed by atoms with Crippen LogP contribution in [0.2, 0.25) is 0 Å². The Morgan fingerprint density at radius 3 is 2.22 bits per heavy atom. The summed E-state index contributed by atoms with van der Waals surface area (Å²) in [4.78, 5) is 13.9. The third-order valence-corrected chi connectivity index (χ3v) is 3.61. The number of alkyl carbamates (subject to hydrolysis) is 1. The van der Waals surface area contributed by atoms with E-state index in [1.54, 1.807) is 0 Å². The van der Waals surface area contributed by atoms with Gasteiger partial charge in [-0.05, 0) is 58.5 Å². The maximum absolute atomic E-state index is 11.7. The zero-order chi connectivity index (χ0) is 12.6. The summed E-state index contributed by atoms with van der Waals surface area (Å²) in [7, 11) is 4.08. The smallest absolute Gasteiger partial charge is 0.407 e. The van der Waals surface area contributed by atoms with E-state index in [1.807, 2.05) is 20.8 Å². The second-order valence-electron chi connectivity index (χ2n) is 6.21. The van der Waals surface area contributed by atoms with Gasteiger partial charge in [-0.3, -0.25) is 7.05 Å². The average Bonchev–Trinajstić information content (AvgIpc) is 2.42. The van der Waals surface area contributed by atoms with Crippen molar-refractivity contribution in [2.75, 3.05) is 0 Å². The predicted molar refractivity (Wildman–Crippen MR) is 66.4 cm³/mol. The number of carbonyl (C=O) groups excluding carboxylic acids is 1. The van der Waals surface area contributed by atoms with Crippen LogP contribution in [-0.2, 0) is 25.8 Å². The number of piperidine rings is 1. The first-order valence-corrected chi connectivity index (χ1v) is 6.43. The van der Waals surface area contributed by atoms with Gasteiger partial charge in [-0.25, -0.2) is 4.79 Å². The maximum atomic E-state index is 11.7. The summed E-state index contributed by atoms with van der Waals surface area (Å²) in [6.45, 7) is 5.65. The number of hydrogen-bond acceptors (Lipinski definition) is 3. The van der Waals surface area contributed by atoms with Gasteiger partial charge in [0.1, 0.15) is 5.60 Å². The van der Waals surface area contributed by atoms with Crippen molar-refractivity contribution in [1.82, 2.24) is 10.2 Å². The topological polar surface area (TPSA) is 41.6 Å². The molecular formula is C13H23N2O2W-. The van der Waals surface area contributed by atoms with E-state index in [-0.39, 0.29) is 33.2 Å². The van der Waals surface area contributed by atoms with Crippen molar-refractivity contribution < 1.29 is 30.6 Å². The Labute approximate surface area is 124 Å². The van der Waals surface area contributed by atoms with Crippen molar-refractivity contribution in [2.45, 2.75) is 70.2 Å². The zero-order valence-electron chi connectivity index (χ0n) is 11.4. The van der Waals surface area contributed by atoms with Crippen molar-refractivity contribution >= 4 is 6.09 Å². The van der Waals surface area contributed by atoms with Crippen LogP contribution in [0.3, 0.4) is 0 Å². The Morgan fingerprint density at radius 2 is 1.78 bits per heavy atom. The molecule has 2 saturated heterocycles. The summed E-state index contributed by atoms with van der Waals surface area (Å²) in [5.41, 5.74) is -0.421. The molecule has 1 N–H and O–H groups in total. The van der Waals surface area contributed by atoms with E-state index in [1.165, 1.54) is 12.8 Å². The van der Waals surface area contributed by atoms with E-state index < -0.39 is 5.60 Å². The standard InChI is InChI=1S/C13H23N2O2.W/c1-13(2,3)17-12(16)14-9-7-10-5-6-11(8-9)15(10)4;/h9-11H,4-8H2,1-3H3,(H,14,16);/q-1;/t9?,10-,11+;. The van der Waals surface area contributed by atoms with E-state index in [4.69, 9.17) is 4.74 Å². The molecule has 5 heteroatoms. The molecule has 2 heterocycles. The minimum Gasteiger partial charge on any atom is -0.454 e.